The van der Waals surface area contributed by atoms with E-state index in [0.29, 0.717) is 33.5 Å². The van der Waals surface area contributed by atoms with Crippen molar-refractivity contribution in [2.24, 2.45) is 0 Å². The molecule has 0 saturated heterocycles. The van der Waals surface area contributed by atoms with E-state index in [1.165, 1.54) is 18.1 Å². The molecule has 0 fully saturated rings. The van der Waals surface area contributed by atoms with Crippen LogP contribution in [-0.4, -0.2) is 40.3 Å². The minimum absolute atomic E-state index is 0.317. The van der Waals surface area contributed by atoms with Crippen molar-refractivity contribution in [3.63, 3.8) is 0 Å². The standard InChI is InChI=1S/C16H14ClN5O3/c1-24-11-4-5-13(15(8-11)25-2)19-16(23)12-7-10(17)3-6-14(12)22-9-18-20-21-22/h3-9H,1-2H3,(H,19,23). The summed E-state index contributed by atoms with van der Waals surface area (Å²) < 4.78 is 11.8. The number of rotatable bonds is 5. The Morgan fingerprint density at radius 1 is 1.16 bits per heavy atom. The molecule has 2 aromatic carbocycles. The predicted molar refractivity (Wildman–Crippen MR) is 91.7 cm³/mol. The summed E-state index contributed by atoms with van der Waals surface area (Å²) in [5.41, 5.74) is 1.31. The molecule has 0 aliphatic carbocycles. The zero-order valence-corrected chi connectivity index (χ0v) is 14.2. The van der Waals surface area contributed by atoms with Gasteiger partial charge in [0.05, 0.1) is 31.2 Å². The summed E-state index contributed by atoms with van der Waals surface area (Å²) in [4.78, 5) is 12.8. The normalized spacial score (nSPS) is 10.4. The van der Waals surface area contributed by atoms with Gasteiger partial charge in [0.2, 0.25) is 0 Å². The van der Waals surface area contributed by atoms with E-state index in [1.54, 1.807) is 43.5 Å². The first-order chi connectivity index (χ1) is 12.1. The molecule has 0 spiro atoms. The average molecular weight is 360 g/mol. The summed E-state index contributed by atoms with van der Waals surface area (Å²) in [6.45, 7) is 0. The Morgan fingerprint density at radius 2 is 2.00 bits per heavy atom. The summed E-state index contributed by atoms with van der Waals surface area (Å²) in [6.07, 6.45) is 1.40. The lowest BCUT2D eigenvalue weighted by molar-refractivity contribution is 0.102. The van der Waals surface area contributed by atoms with Crippen LogP contribution in [0.5, 0.6) is 11.5 Å². The van der Waals surface area contributed by atoms with Gasteiger partial charge >= 0.3 is 0 Å². The van der Waals surface area contributed by atoms with E-state index < -0.39 is 0 Å². The maximum absolute atomic E-state index is 12.8. The van der Waals surface area contributed by atoms with Crippen LogP contribution < -0.4 is 14.8 Å². The molecule has 1 aromatic heterocycles. The summed E-state index contributed by atoms with van der Waals surface area (Å²) >= 11 is 6.04. The highest BCUT2D eigenvalue weighted by molar-refractivity contribution is 6.31. The first kappa shape index (κ1) is 16.7. The summed E-state index contributed by atoms with van der Waals surface area (Å²) in [6, 6.07) is 9.96. The van der Waals surface area contributed by atoms with Crippen LogP contribution in [0.2, 0.25) is 5.02 Å². The Balaban J connectivity index is 1.96. The van der Waals surface area contributed by atoms with Gasteiger partial charge in [-0.3, -0.25) is 4.79 Å². The molecule has 0 aliphatic heterocycles. The Kier molecular flexibility index (Phi) is 4.80. The van der Waals surface area contributed by atoms with Crippen molar-refractivity contribution in [1.82, 2.24) is 20.2 Å². The largest absolute Gasteiger partial charge is 0.497 e. The first-order valence-corrected chi connectivity index (χ1v) is 7.56. The minimum atomic E-state index is -0.378. The molecule has 8 nitrogen and oxygen atoms in total. The number of halogens is 1. The van der Waals surface area contributed by atoms with Crippen LogP contribution in [0.3, 0.4) is 0 Å². The minimum Gasteiger partial charge on any atom is -0.497 e. The topological polar surface area (TPSA) is 91.2 Å². The Bertz CT molecular complexity index is 899. The highest BCUT2D eigenvalue weighted by atomic mass is 35.5. The number of hydrogen-bond donors (Lipinski definition) is 1. The molecule has 3 rings (SSSR count). The van der Waals surface area contributed by atoms with Gasteiger partial charge in [0, 0.05) is 11.1 Å². The smallest absolute Gasteiger partial charge is 0.258 e. The van der Waals surface area contributed by atoms with Gasteiger partial charge in [-0.05, 0) is 40.8 Å². The number of amides is 1. The number of carbonyl (C=O) groups is 1. The number of aromatic nitrogens is 4. The number of nitrogens with one attached hydrogen (secondary N) is 1. The number of hydrogen-bond acceptors (Lipinski definition) is 6. The molecule has 0 aliphatic rings. The fraction of sp³-hybridized carbons (Fsp3) is 0.125. The van der Waals surface area contributed by atoms with Crippen molar-refractivity contribution in [2.75, 3.05) is 19.5 Å². The second-order valence-electron chi connectivity index (χ2n) is 4.94. The van der Waals surface area contributed by atoms with Gasteiger partial charge in [-0.1, -0.05) is 11.6 Å². The molecule has 1 amide bonds. The average Bonchev–Trinajstić information content (AvgIpc) is 3.16. The molecule has 3 aromatic rings. The zero-order valence-electron chi connectivity index (χ0n) is 13.4. The quantitative estimate of drug-likeness (QED) is 0.752. The highest BCUT2D eigenvalue weighted by Gasteiger charge is 2.17. The third-order valence-electron chi connectivity index (χ3n) is 3.46. The van der Waals surface area contributed by atoms with Gasteiger partial charge in [-0.25, -0.2) is 0 Å². The summed E-state index contributed by atoms with van der Waals surface area (Å²) in [5.74, 6) is 0.710. The van der Waals surface area contributed by atoms with E-state index in [2.05, 4.69) is 20.8 Å². The van der Waals surface area contributed by atoms with E-state index in [0.717, 1.165) is 0 Å². The number of anilines is 1. The number of nitrogens with zero attached hydrogens (tertiary/aromatic N) is 4. The predicted octanol–water partition coefficient (Wildman–Crippen LogP) is 2.59. The van der Waals surface area contributed by atoms with Crippen LogP contribution in [0, 0.1) is 0 Å². The highest BCUT2D eigenvalue weighted by Crippen LogP contribution is 2.30. The Hall–Kier alpha value is -3.13. The maximum Gasteiger partial charge on any atom is 0.258 e. The van der Waals surface area contributed by atoms with E-state index in [-0.39, 0.29) is 5.91 Å². The van der Waals surface area contributed by atoms with Crippen molar-refractivity contribution < 1.29 is 14.3 Å². The van der Waals surface area contributed by atoms with Crippen molar-refractivity contribution in [3.8, 4) is 17.2 Å². The number of carbonyl (C=O) groups excluding carboxylic acids is 1. The molecular weight excluding hydrogens is 346 g/mol. The van der Waals surface area contributed by atoms with Crippen molar-refractivity contribution in [3.05, 3.63) is 53.3 Å². The van der Waals surface area contributed by atoms with Crippen LogP contribution in [0.4, 0.5) is 5.69 Å². The fourth-order valence-electron chi connectivity index (χ4n) is 2.25. The fourth-order valence-corrected chi connectivity index (χ4v) is 2.43. The summed E-state index contributed by atoms with van der Waals surface area (Å²) in [5, 5.41) is 14.2. The van der Waals surface area contributed by atoms with Gasteiger partial charge in [-0.15, -0.1) is 5.10 Å². The first-order valence-electron chi connectivity index (χ1n) is 7.18. The van der Waals surface area contributed by atoms with Gasteiger partial charge in [0.15, 0.2) is 0 Å². The molecule has 0 saturated carbocycles. The molecular formula is C16H14ClN5O3. The lowest BCUT2D eigenvalue weighted by Crippen LogP contribution is -2.16. The second kappa shape index (κ2) is 7.18. The molecule has 0 radical (unpaired) electrons. The molecule has 0 unspecified atom stereocenters. The van der Waals surface area contributed by atoms with Crippen LogP contribution in [-0.2, 0) is 0 Å². The van der Waals surface area contributed by atoms with Crippen molar-refractivity contribution in [1.29, 1.82) is 0 Å². The Labute approximate surface area is 148 Å². The third-order valence-corrected chi connectivity index (χ3v) is 3.69. The Morgan fingerprint density at radius 3 is 2.68 bits per heavy atom. The molecule has 25 heavy (non-hydrogen) atoms. The molecule has 128 valence electrons. The molecule has 0 atom stereocenters. The van der Waals surface area contributed by atoms with Crippen LogP contribution in [0.25, 0.3) is 5.69 Å². The SMILES string of the molecule is COc1ccc(NC(=O)c2cc(Cl)ccc2-n2cnnn2)c(OC)c1. The monoisotopic (exact) mass is 359 g/mol. The lowest BCUT2D eigenvalue weighted by Gasteiger charge is -2.13. The van der Waals surface area contributed by atoms with E-state index >= 15 is 0 Å². The lowest BCUT2D eigenvalue weighted by atomic mass is 10.1. The van der Waals surface area contributed by atoms with Crippen LogP contribution in [0.15, 0.2) is 42.7 Å². The molecule has 1 heterocycles. The molecule has 9 heteroatoms. The number of methoxy groups -OCH3 is 2. The second-order valence-corrected chi connectivity index (χ2v) is 5.37. The van der Waals surface area contributed by atoms with Gasteiger partial charge in [-0.2, -0.15) is 4.68 Å². The van der Waals surface area contributed by atoms with Gasteiger partial charge < -0.3 is 14.8 Å². The van der Waals surface area contributed by atoms with Crippen molar-refractivity contribution in [2.45, 2.75) is 0 Å². The van der Waals surface area contributed by atoms with Crippen molar-refractivity contribution >= 4 is 23.2 Å². The molecule has 0 bridgehead atoms. The number of benzene rings is 2. The van der Waals surface area contributed by atoms with Crippen LogP contribution >= 0.6 is 11.6 Å². The zero-order chi connectivity index (χ0) is 17.8. The molecule has 1 N–H and O–H groups in total. The number of tetrazole rings is 1. The third kappa shape index (κ3) is 3.53. The van der Waals surface area contributed by atoms with E-state index in [1.807, 2.05) is 0 Å². The maximum atomic E-state index is 12.8. The summed E-state index contributed by atoms with van der Waals surface area (Å²) in [7, 11) is 3.06. The van der Waals surface area contributed by atoms with Gasteiger partial charge in [0.25, 0.3) is 5.91 Å². The number of ether oxygens (including phenoxy) is 2. The van der Waals surface area contributed by atoms with Crippen LogP contribution in [0.1, 0.15) is 10.4 Å². The van der Waals surface area contributed by atoms with E-state index in [9.17, 15) is 4.79 Å². The van der Waals surface area contributed by atoms with Gasteiger partial charge in [0.1, 0.15) is 17.8 Å². The van der Waals surface area contributed by atoms with E-state index in [4.69, 9.17) is 21.1 Å².